The maximum Gasteiger partial charge on any atom is 0.338 e. The Morgan fingerprint density at radius 2 is 2.08 bits per heavy atom. The molecule has 0 aliphatic carbocycles. The van der Waals surface area contributed by atoms with E-state index in [0.29, 0.717) is 0 Å². The maximum atomic E-state index is 10.5. The summed E-state index contributed by atoms with van der Waals surface area (Å²) in [5.41, 5.74) is -0.548. The highest BCUT2D eigenvalue weighted by Crippen LogP contribution is 2.31. The maximum absolute atomic E-state index is 10.5. The van der Waals surface area contributed by atoms with E-state index in [-0.39, 0.29) is 21.5 Å². The number of phenolic OH excluding ortho intramolecular Hbond substituents is 1. The number of nitrogens with zero attached hydrogens (tertiary/aromatic N) is 1. The van der Waals surface area contributed by atoms with Crippen molar-refractivity contribution in [2.24, 2.45) is 5.18 Å². The molecule has 0 bridgehead atoms. The molecule has 0 aliphatic rings. The van der Waals surface area contributed by atoms with E-state index in [0.717, 1.165) is 12.1 Å². The molecule has 0 saturated heterocycles. The van der Waals surface area contributed by atoms with Crippen LogP contribution in [-0.2, 0) is 0 Å². The third kappa shape index (κ3) is 1.83. The molecule has 0 fully saturated rings. The Balaban J connectivity index is 3.41. The molecule has 0 unspecified atom stereocenters. The summed E-state index contributed by atoms with van der Waals surface area (Å²) >= 11 is 2.92. The molecule has 0 saturated carbocycles. The van der Waals surface area contributed by atoms with E-state index in [1.807, 2.05) is 0 Å². The van der Waals surface area contributed by atoms with Crippen LogP contribution < -0.4 is 0 Å². The summed E-state index contributed by atoms with van der Waals surface area (Å²) in [5, 5.41) is 20.2. The van der Waals surface area contributed by atoms with Gasteiger partial charge < -0.3 is 10.2 Å². The lowest BCUT2D eigenvalue weighted by molar-refractivity contribution is 0.0697. The van der Waals surface area contributed by atoms with E-state index in [1.165, 1.54) is 0 Å². The lowest BCUT2D eigenvalue weighted by Crippen LogP contribution is -1.96. The van der Waals surface area contributed by atoms with E-state index in [1.54, 1.807) is 0 Å². The van der Waals surface area contributed by atoms with Crippen LogP contribution in [0.5, 0.6) is 5.75 Å². The number of hydrogen-bond acceptors (Lipinski definition) is 4. The predicted molar refractivity (Wildman–Crippen MR) is 48.2 cm³/mol. The quantitative estimate of drug-likeness (QED) is 0.783. The van der Waals surface area contributed by atoms with Crippen LogP contribution in [0.1, 0.15) is 10.4 Å². The van der Waals surface area contributed by atoms with Crippen molar-refractivity contribution in [3.05, 3.63) is 27.1 Å². The number of halogens is 1. The highest BCUT2D eigenvalue weighted by atomic mass is 79.9. The molecule has 0 aromatic heterocycles. The minimum Gasteiger partial charge on any atom is -0.507 e. The molecule has 0 radical (unpaired) electrons. The Labute approximate surface area is 81.1 Å². The summed E-state index contributed by atoms with van der Waals surface area (Å²) in [6.07, 6.45) is 0. The van der Waals surface area contributed by atoms with Crippen LogP contribution in [0.15, 0.2) is 21.8 Å². The molecule has 0 atom stereocenters. The van der Waals surface area contributed by atoms with Crippen molar-refractivity contribution < 1.29 is 15.0 Å². The van der Waals surface area contributed by atoms with Crippen LogP contribution in [0.25, 0.3) is 0 Å². The predicted octanol–water partition coefficient (Wildman–Crippen LogP) is 2.25. The topological polar surface area (TPSA) is 87.0 Å². The van der Waals surface area contributed by atoms with Gasteiger partial charge in [-0.05, 0) is 27.2 Å². The van der Waals surface area contributed by atoms with Gasteiger partial charge in [0.05, 0.1) is 10.0 Å². The van der Waals surface area contributed by atoms with E-state index in [2.05, 4.69) is 21.1 Å². The molecule has 13 heavy (non-hydrogen) atoms. The van der Waals surface area contributed by atoms with Gasteiger partial charge in [0.15, 0.2) is 0 Å². The van der Waals surface area contributed by atoms with E-state index in [4.69, 9.17) is 10.2 Å². The first-order valence-electron chi connectivity index (χ1n) is 3.15. The zero-order valence-corrected chi connectivity index (χ0v) is 7.78. The zero-order valence-electron chi connectivity index (χ0n) is 6.19. The van der Waals surface area contributed by atoms with Crippen molar-refractivity contribution in [3.63, 3.8) is 0 Å². The Morgan fingerprint density at radius 3 is 2.54 bits per heavy atom. The second-order valence-electron chi connectivity index (χ2n) is 2.22. The number of carbonyl (C=O) groups is 1. The lowest BCUT2D eigenvalue weighted by Gasteiger charge is -2.00. The Kier molecular flexibility index (Phi) is 2.62. The SMILES string of the molecule is O=Nc1cc(O)c(Br)cc1C(=O)O. The third-order valence-electron chi connectivity index (χ3n) is 1.39. The molecule has 6 heteroatoms. The lowest BCUT2D eigenvalue weighted by atomic mass is 10.2. The molecule has 0 heterocycles. The highest BCUT2D eigenvalue weighted by Gasteiger charge is 2.13. The van der Waals surface area contributed by atoms with Crippen molar-refractivity contribution in [2.75, 3.05) is 0 Å². The summed E-state index contributed by atoms with van der Waals surface area (Å²) in [6, 6.07) is 2.11. The monoisotopic (exact) mass is 245 g/mol. The molecule has 1 aromatic carbocycles. The Morgan fingerprint density at radius 1 is 1.46 bits per heavy atom. The van der Waals surface area contributed by atoms with E-state index >= 15 is 0 Å². The summed E-state index contributed by atoms with van der Waals surface area (Å²) in [6.45, 7) is 0. The van der Waals surface area contributed by atoms with Crippen LogP contribution in [0.4, 0.5) is 5.69 Å². The standard InChI is InChI=1S/C7H4BrNO4/c8-4-1-3(7(11)12)5(9-13)2-6(4)10/h1-2,10H,(H,11,12). The minimum absolute atomic E-state index is 0.206. The van der Waals surface area contributed by atoms with Gasteiger partial charge in [0.1, 0.15) is 11.4 Å². The zero-order chi connectivity index (χ0) is 10.0. The van der Waals surface area contributed by atoms with Crippen molar-refractivity contribution >= 4 is 27.6 Å². The first kappa shape index (κ1) is 9.66. The van der Waals surface area contributed by atoms with E-state index in [9.17, 15) is 9.70 Å². The van der Waals surface area contributed by atoms with Crippen LogP contribution in [0, 0.1) is 4.91 Å². The first-order chi connectivity index (χ1) is 6.06. The molecule has 1 rings (SSSR count). The molecule has 0 amide bonds. The number of nitroso groups, excluding NO2 is 1. The Bertz CT molecular complexity index is 377. The number of carboxylic acids is 1. The highest BCUT2D eigenvalue weighted by molar-refractivity contribution is 9.10. The van der Waals surface area contributed by atoms with Crippen LogP contribution in [-0.4, -0.2) is 16.2 Å². The Hall–Kier alpha value is -1.43. The third-order valence-corrected chi connectivity index (χ3v) is 2.03. The normalized spacial score (nSPS) is 9.62. The van der Waals surface area contributed by atoms with E-state index < -0.39 is 5.97 Å². The summed E-state index contributed by atoms with van der Waals surface area (Å²) < 4.78 is 0.206. The second kappa shape index (κ2) is 3.53. The van der Waals surface area contributed by atoms with Gasteiger partial charge in [0.25, 0.3) is 0 Å². The fourth-order valence-corrected chi connectivity index (χ4v) is 1.14. The van der Waals surface area contributed by atoms with Crippen LogP contribution in [0.3, 0.4) is 0 Å². The molecule has 0 spiro atoms. The first-order valence-corrected chi connectivity index (χ1v) is 3.94. The minimum atomic E-state index is -1.27. The molecule has 2 N–H and O–H groups in total. The summed E-state index contributed by atoms with van der Waals surface area (Å²) in [7, 11) is 0. The molecule has 1 aromatic rings. The summed E-state index contributed by atoms with van der Waals surface area (Å²) in [5.74, 6) is -1.49. The van der Waals surface area contributed by atoms with Crippen molar-refractivity contribution in [1.82, 2.24) is 0 Å². The van der Waals surface area contributed by atoms with Gasteiger partial charge in [-0.1, -0.05) is 0 Å². The smallest absolute Gasteiger partial charge is 0.338 e. The fourth-order valence-electron chi connectivity index (χ4n) is 0.798. The largest absolute Gasteiger partial charge is 0.507 e. The van der Waals surface area contributed by atoms with Crippen molar-refractivity contribution in [1.29, 1.82) is 0 Å². The van der Waals surface area contributed by atoms with Gasteiger partial charge in [-0.15, -0.1) is 4.91 Å². The van der Waals surface area contributed by atoms with Crippen molar-refractivity contribution in [2.45, 2.75) is 0 Å². The summed E-state index contributed by atoms with van der Waals surface area (Å²) in [4.78, 5) is 20.7. The van der Waals surface area contributed by atoms with Crippen LogP contribution >= 0.6 is 15.9 Å². The number of aromatic hydroxyl groups is 1. The number of carboxylic acid groups (broad SMARTS) is 1. The number of benzene rings is 1. The second-order valence-corrected chi connectivity index (χ2v) is 3.07. The van der Waals surface area contributed by atoms with Gasteiger partial charge in [-0.2, -0.15) is 0 Å². The number of rotatable bonds is 2. The molecular weight excluding hydrogens is 242 g/mol. The molecule has 68 valence electrons. The van der Waals surface area contributed by atoms with Gasteiger partial charge >= 0.3 is 5.97 Å². The van der Waals surface area contributed by atoms with Gasteiger partial charge in [0, 0.05) is 6.07 Å². The average molecular weight is 246 g/mol. The number of phenols is 1. The van der Waals surface area contributed by atoms with Crippen molar-refractivity contribution in [3.8, 4) is 5.75 Å². The van der Waals surface area contributed by atoms with Gasteiger partial charge in [-0.25, -0.2) is 4.79 Å². The molecule has 5 nitrogen and oxygen atoms in total. The average Bonchev–Trinajstić information content (AvgIpc) is 2.08. The molecular formula is C7H4BrNO4. The van der Waals surface area contributed by atoms with Crippen LogP contribution in [0.2, 0.25) is 0 Å². The molecule has 0 aliphatic heterocycles. The number of hydrogen-bond donors (Lipinski definition) is 2. The van der Waals surface area contributed by atoms with Gasteiger partial charge in [-0.3, -0.25) is 0 Å². The number of aromatic carboxylic acids is 1. The fraction of sp³-hybridized carbons (Fsp3) is 0. The van der Waals surface area contributed by atoms with Gasteiger partial charge in [0.2, 0.25) is 0 Å².